The normalized spacial score (nSPS) is 11.7. The lowest BCUT2D eigenvalue weighted by Gasteiger charge is -2.13. The van der Waals surface area contributed by atoms with Crippen molar-refractivity contribution in [3.63, 3.8) is 0 Å². The van der Waals surface area contributed by atoms with Gasteiger partial charge in [0.15, 0.2) is 5.43 Å². The topological polar surface area (TPSA) is 77.2 Å². The zero-order chi connectivity index (χ0) is 20.8. The molecule has 0 saturated heterocycles. The fourth-order valence-electron chi connectivity index (χ4n) is 3.21. The number of halogens is 1. The minimum Gasteiger partial charge on any atom is -0.288 e. The zero-order valence-electron chi connectivity index (χ0n) is 15.3. The van der Waals surface area contributed by atoms with Gasteiger partial charge in [0, 0.05) is 31.1 Å². The second-order valence-corrected chi connectivity index (χ2v) is 9.70. The minimum absolute atomic E-state index is 0.0179. The Morgan fingerprint density at radius 2 is 1.66 bits per heavy atom. The van der Waals surface area contributed by atoms with Gasteiger partial charge in [-0.15, -0.1) is 11.3 Å². The smallest absolute Gasteiger partial charge is 0.238 e. The summed E-state index contributed by atoms with van der Waals surface area (Å²) in [5.41, 5.74) is 2.75. The van der Waals surface area contributed by atoms with Crippen LogP contribution in [0.4, 0.5) is 0 Å². The Morgan fingerprint density at radius 3 is 2.31 bits per heavy atom. The van der Waals surface area contributed by atoms with Crippen molar-refractivity contribution in [2.45, 2.75) is 11.8 Å². The second-order valence-electron chi connectivity index (χ2n) is 6.68. The average molecular weight is 442 g/mol. The summed E-state index contributed by atoms with van der Waals surface area (Å²) in [7, 11) is -3.80. The van der Waals surface area contributed by atoms with Gasteiger partial charge in [-0.1, -0.05) is 48.0 Å². The number of rotatable bonds is 3. The van der Waals surface area contributed by atoms with Crippen molar-refractivity contribution in [3.8, 4) is 21.6 Å². The number of hydrogen-bond acceptors (Lipinski definition) is 4. The Labute approximate surface area is 177 Å². The van der Waals surface area contributed by atoms with Crippen molar-refractivity contribution in [1.82, 2.24) is 0 Å². The van der Waals surface area contributed by atoms with E-state index in [0.29, 0.717) is 21.5 Å². The van der Waals surface area contributed by atoms with E-state index in [9.17, 15) is 13.2 Å². The highest BCUT2D eigenvalue weighted by Crippen LogP contribution is 2.39. The van der Waals surface area contributed by atoms with Gasteiger partial charge in [-0.25, -0.2) is 13.6 Å². The number of aryl methyl sites for hydroxylation is 1. The van der Waals surface area contributed by atoms with E-state index in [0.717, 1.165) is 20.7 Å². The standard InChI is InChI=1S/C22H16ClNO3S2/c1-13-6-11-16(18(23)12-13)20-21(25)17-4-2-3-5-19(17)28-22(20)14-7-9-15(10-8-14)29(24,26)27/h2-12H,1H3,(H2,24,26,27). The van der Waals surface area contributed by atoms with E-state index in [1.807, 2.05) is 43.3 Å². The molecule has 4 rings (SSSR count). The number of hydrogen-bond donors (Lipinski definition) is 1. The van der Waals surface area contributed by atoms with Gasteiger partial charge in [-0.2, -0.15) is 0 Å². The predicted molar refractivity (Wildman–Crippen MR) is 120 cm³/mol. The van der Waals surface area contributed by atoms with E-state index < -0.39 is 10.0 Å². The summed E-state index contributed by atoms with van der Waals surface area (Å²) in [6.07, 6.45) is 0. The first-order valence-corrected chi connectivity index (χ1v) is 11.5. The van der Waals surface area contributed by atoms with Gasteiger partial charge in [-0.3, -0.25) is 4.79 Å². The molecule has 0 aliphatic rings. The van der Waals surface area contributed by atoms with E-state index in [-0.39, 0.29) is 10.3 Å². The summed E-state index contributed by atoms with van der Waals surface area (Å²) < 4.78 is 24.0. The Kier molecular flexibility index (Phi) is 5.04. The number of nitrogens with two attached hydrogens (primary N) is 1. The van der Waals surface area contributed by atoms with Crippen LogP contribution in [-0.4, -0.2) is 8.42 Å². The molecule has 0 bridgehead atoms. The third kappa shape index (κ3) is 3.72. The van der Waals surface area contributed by atoms with Gasteiger partial charge in [0.2, 0.25) is 10.0 Å². The largest absolute Gasteiger partial charge is 0.288 e. The first kappa shape index (κ1) is 19.8. The third-order valence-corrected chi connectivity index (χ3v) is 7.10. The monoisotopic (exact) mass is 441 g/mol. The molecule has 29 heavy (non-hydrogen) atoms. The molecule has 2 N–H and O–H groups in total. The van der Waals surface area contributed by atoms with Gasteiger partial charge in [0.1, 0.15) is 0 Å². The molecular weight excluding hydrogens is 426 g/mol. The fraction of sp³-hybridized carbons (Fsp3) is 0.0455. The quantitative estimate of drug-likeness (QED) is 0.474. The zero-order valence-corrected chi connectivity index (χ0v) is 17.7. The van der Waals surface area contributed by atoms with Crippen LogP contribution in [0.1, 0.15) is 5.56 Å². The molecule has 0 aliphatic heterocycles. The highest BCUT2D eigenvalue weighted by molar-refractivity contribution is 7.89. The molecule has 0 saturated carbocycles. The lowest BCUT2D eigenvalue weighted by atomic mass is 9.99. The molecule has 4 aromatic rings. The molecule has 4 nitrogen and oxygen atoms in total. The van der Waals surface area contributed by atoms with Crippen LogP contribution < -0.4 is 10.6 Å². The molecule has 0 amide bonds. The first-order valence-electron chi connectivity index (χ1n) is 8.71. The van der Waals surface area contributed by atoms with E-state index in [4.69, 9.17) is 16.7 Å². The highest BCUT2D eigenvalue weighted by atomic mass is 35.5. The fourth-order valence-corrected chi connectivity index (χ4v) is 5.25. The molecule has 0 aliphatic carbocycles. The minimum atomic E-state index is -3.80. The van der Waals surface area contributed by atoms with Crippen molar-refractivity contribution in [2.75, 3.05) is 0 Å². The van der Waals surface area contributed by atoms with Crippen LogP contribution in [0.15, 0.2) is 76.4 Å². The Bertz CT molecular complexity index is 1410. The molecule has 0 unspecified atom stereocenters. The molecule has 1 heterocycles. The third-order valence-electron chi connectivity index (χ3n) is 4.64. The number of fused-ring (bicyclic) bond motifs is 1. The van der Waals surface area contributed by atoms with Gasteiger partial charge in [-0.05, 0) is 48.4 Å². The van der Waals surface area contributed by atoms with E-state index >= 15 is 0 Å². The lowest BCUT2D eigenvalue weighted by Crippen LogP contribution is -2.11. The average Bonchev–Trinajstić information content (AvgIpc) is 2.68. The molecule has 0 spiro atoms. The molecule has 0 fully saturated rings. The predicted octanol–water partition coefficient (Wildman–Crippen LogP) is 5.20. The molecular formula is C22H16ClNO3S2. The van der Waals surface area contributed by atoms with Crippen LogP contribution in [0.3, 0.4) is 0 Å². The van der Waals surface area contributed by atoms with Crippen LogP contribution >= 0.6 is 22.9 Å². The second kappa shape index (κ2) is 7.39. The summed E-state index contributed by atoms with van der Waals surface area (Å²) in [5.74, 6) is 0. The molecule has 7 heteroatoms. The van der Waals surface area contributed by atoms with Crippen molar-refractivity contribution in [2.24, 2.45) is 5.14 Å². The summed E-state index contributed by atoms with van der Waals surface area (Å²) in [6, 6.07) is 19.2. The number of benzene rings is 3. The van der Waals surface area contributed by atoms with Gasteiger partial charge < -0.3 is 0 Å². The SMILES string of the molecule is Cc1ccc(-c2c(-c3ccc(S(N)(=O)=O)cc3)sc3ccccc3c2=O)c(Cl)c1. The first-order chi connectivity index (χ1) is 13.8. The van der Waals surface area contributed by atoms with Gasteiger partial charge in [0.25, 0.3) is 0 Å². The molecule has 3 aromatic carbocycles. The Morgan fingerprint density at radius 1 is 0.966 bits per heavy atom. The van der Waals surface area contributed by atoms with Crippen LogP contribution in [-0.2, 0) is 10.0 Å². The van der Waals surface area contributed by atoms with Crippen molar-refractivity contribution in [1.29, 1.82) is 0 Å². The van der Waals surface area contributed by atoms with E-state index in [2.05, 4.69) is 0 Å². The summed E-state index contributed by atoms with van der Waals surface area (Å²) >= 11 is 7.96. The van der Waals surface area contributed by atoms with Gasteiger partial charge in [0.05, 0.1) is 4.90 Å². The van der Waals surface area contributed by atoms with Crippen molar-refractivity contribution < 1.29 is 8.42 Å². The maximum Gasteiger partial charge on any atom is 0.238 e. The maximum atomic E-state index is 13.4. The highest BCUT2D eigenvalue weighted by Gasteiger charge is 2.19. The van der Waals surface area contributed by atoms with Crippen LogP contribution in [0.5, 0.6) is 0 Å². The van der Waals surface area contributed by atoms with Crippen molar-refractivity contribution in [3.05, 3.63) is 87.5 Å². The van der Waals surface area contributed by atoms with Gasteiger partial charge >= 0.3 is 0 Å². The lowest BCUT2D eigenvalue weighted by molar-refractivity contribution is 0.598. The van der Waals surface area contributed by atoms with Crippen LogP contribution in [0.25, 0.3) is 31.7 Å². The Hall–Kier alpha value is -2.51. The molecule has 0 atom stereocenters. The summed E-state index contributed by atoms with van der Waals surface area (Å²) in [6.45, 7) is 1.93. The maximum absolute atomic E-state index is 13.4. The molecule has 0 radical (unpaired) electrons. The molecule has 1 aromatic heterocycles. The van der Waals surface area contributed by atoms with E-state index in [1.165, 1.54) is 23.5 Å². The number of primary sulfonamides is 1. The van der Waals surface area contributed by atoms with Crippen LogP contribution in [0.2, 0.25) is 5.02 Å². The summed E-state index contributed by atoms with van der Waals surface area (Å²) in [4.78, 5) is 14.2. The van der Waals surface area contributed by atoms with Crippen molar-refractivity contribution >= 4 is 43.0 Å². The number of sulfonamides is 1. The van der Waals surface area contributed by atoms with Crippen LogP contribution in [0, 0.1) is 6.92 Å². The summed E-state index contributed by atoms with van der Waals surface area (Å²) in [5, 5.41) is 6.32. The Balaban J connectivity index is 2.06. The molecule has 146 valence electrons. The van der Waals surface area contributed by atoms with E-state index in [1.54, 1.807) is 18.2 Å².